The lowest BCUT2D eigenvalue weighted by atomic mass is 10.2. The van der Waals surface area contributed by atoms with Gasteiger partial charge in [-0.15, -0.1) is 11.3 Å². The van der Waals surface area contributed by atoms with Crippen LogP contribution in [0.4, 0.5) is 0 Å². The summed E-state index contributed by atoms with van der Waals surface area (Å²) in [6.07, 6.45) is 0.889. The third kappa shape index (κ3) is 3.65. The first-order chi connectivity index (χ1) is 10.5. The van der Waals surface area contributed by atoms with E-state index in [9.17, 15) is 9.59 Å². The van der Waals surface area contributed by atoms with Crippen LogP contribution in [0.25, 0.3) is 0 Å². The first-order valence-electron chi connectivity index (χ1n) is 6.89. The van der Waals surface area contributed by atoms with Crippen molar-refractivity contribution in [1.82, 2.24) is 10.9 Å². The number of rotatable bonds is 4. The van der Waals surface area contributed by atoms with Crippen molar-refractivity contribution in [3.63, 3.8) is 0 Å². The van der Waals surface area contributed by atoms with Gasteiger partial charge in [0.15, 0.2) is 0 Å². The van der Waals surface area contributed by atoms with Crippen LogP contribution in [0.15, 0.2) is 30.3 Å². The first kappa shape index (κ1) is 16.0. The molecule has 1 aromatic carbocycles. The predicted octanol–water partition coefficient (Wildman–Crippen LogP) is 2.70. The summed E-state index contributed by atoms with van der Waals surface area (Å²) in [5, 5.41) is 0. The van der Waals surface area contributed by atoms with E-state index < -0.39 is 5.91 Å². The average Bonchev–Trinajstić information content (AvgIpc) is 2.93. The fourth-order valence-corrected chi connectivity index (χ4v) is 3.00. The van der Waals surface area contributed by atoms with Crippen LogP contribution in [0.5, 0.6) is 5.75 Å². The fourth-order valence-electron chi connectivity index (χ4n) is 1.99. The van der Waals surface area contributed by atoms with Crippen LogP contribution in [-0.2, 0) is 6.42 Å². The van der Waals surface area contributed by atoms with E-state index in [4.69, 9.17) is 4.74 Å². The van der Waals surface area contributed by atoms with Gasteiger partial charge in [0.1, 0.15) is 5.75 Å². The first-order valence-corrected chi connectivity index (χ1v) is 7.70. The molecule has 0 saturated heterocycles. The molecule has 0 fully saturated rings. The second-order valence-electron chi connectivity index (χ2n) is 4.71. The Kier molecular flexibility index (Phi) is 5.16. The third-order valence-electron chi connectivity index (χ3n) is 3.19. The summed E-state index contributed by atoms with van der Waals surface area (Å²) in [6.45, 7) is 4.02. The maximum absolute atomic E-state index is 12.0. The highest BCUT2D eigenvalue weighted by Crippen LogP contribution is 2.22. The fraction of sp³-hybridized carbons (Fsp3) is 0.250. The second-order valence-corrected chi connectivity index (χ2v) is 5.85. The molecular formula is C16H18N2O3S. The molecule has 1 aromatic heterocycles. The minimum Gasteiger partial charge on any atom is -0.497 e. The molecule has 1 heterocycles. The number of ether oxygens (including phenoxy) is 1. The van der Waals surface area contributed by atoms with Gasteiger partial charge >= 0.3 is 0 Å². The summed E-state index contributed by atoms with van der Waals surface area (Å²) in [7, 11) is 1.53. The van der Waals surface area contributed by atoms with Gasteiger partial charge in [-0.2, -0.15) is 0 Å². The topological polar surface area (TPSA) is 67.4 Å². The lowest BCUT2D eigenvalue weighted by Gasteiger charge is -2.07. The average molecular weight is 318 g/mol. The predicted molar refractivity (Wildman–Crippen MR) is 86.4 cm³/mol. The molecule has 0 bridgehead atoms. The number of aryl methyl sites for hydroxylation is 2. The van der Waals surface area contributed by atoms with Crippen molar-refractivity contribution in [2.24, 2.45) is 0 Å². The largest absolute Gasteiger partial charge is 0.497 e. The number of carbonyl (C=O) groups excluding carboxylic acids is 2. The van der Waals surface area contributed by atoms with Crippen LogP contribution in [0.3, 0.4) is 0 Å². The smallest absolute Gasteiger partial charge is 0.279 e. The Hall–Kier alpha value is -2.34. The Morgan fingerprint density at radius 3 is 2.55 bits per heavy atom. The van der Waals surface area contributed by atoms with Gasteiger partial charge in [-0.05, 0) is 43.2 Å². The SMILES string of the molecule is CCc1sc(C(=O)NNC(=O)c2cccc(OC)c2)cc1C. The van der Waals surface area contributed by atoms with Gasteiger partial charge in [0.2, 0.25) is 0 Å². The molecule has 2 aromatic rings. The van der Waals surface area contributed by atoms with Crippen LogP contribution in [0, 0.1) is 6.92 Å². The van der Waals surface area contributed by atoms with Crippen LogP contribution < -0.4 is 15.6 Å². The Labute approximate surface area is 133 Å². The number of hydrazine groups is 1. The number of carbonyl (C=O) groups is 2. The molecule has 0 aliphatic rings. The zero-order valence-electron chi connectivity index (χ0n) is 12.7. The van der Waals surface area contributed by atoms with Gasteiger partial charge < -0.3 is 4.74 Å². The molecule has 5 nitrogen and oxygen atoms in total. The molecule has 0 atom stereocenters. The molecule has 0 unspecified atom stereocenters. The Balaban J connectivity index is 1.99. The summed E-state index contributed by atoms with van der Waals surface area (Å²) < 4.78 is 5.06. The van der Waals surface area contributed by atoms with Crippen molar-refractivity contribution >= 4 is 23.2 Å². The van der Waals surface area contributed by atoms with Gasteiger partial charge in [-0.25, -0.2) is 0 Å². The monoisotopic (exact) mass is 318 g/mol. The summed E-state index contributed by atoms with van der Waals surface area (Å²) >= 11 is 1.44. The van der Waals surface area contributed by atoms with E-state index in [1.165, 1.54) is 23.3 Å². The Bertz CT molecular complexity index is 694. The van der Waals surface area contributed by atoms with Crippen LogP contribution in [-0.4, -0.2) is 18.9 Å². The van der Waals surface area contributed by atoms with Crippen molar-refractivity contribution in [2.45, 2.75) is 20.3 Å². The van der Waals surface area contributed by atoms with Gasteiger partial charge in [0.05, 0.1) is 12.0 Å². The zero-order valence-corrected chi connectivity index (χ0v) is 13.5. The summed E-state index contributed by atoms with van der Waals surface area (Å²) in [6, 6.07) is 8.54. The van der Waals surface area contributed by atoms with E-state index >= 15 is 0 Å². The maximum Gasteiger partial charge on any atom is 0.279 e. The molecule has 0 saturated carbocycles. The normalized spacial score (nSPS) is 10.1. The highest BCUT2D eigenvalue weighted by Gasteiger charge is 2.13. The standard InChI is InChI=1S/C16H18N2O3S/c1-4-13-10(2)8-14(22-13)16(20)18-17-15(19)11-6-5-7-12(9-11)21-3/h5-9H,4H2,1-3H3,(H,17,19)(H,18,20). The van der Waals surface area contributed by atoms with Crippen molar-refractivity contribution in [3.8, 4) is 5.75 Å². The molecule has 22 heavy (non-hydrogen) atoms. The maximum atomic E-state index is 12.0. The highest BCUT2D eigenvalue weighted by molar-refractivity contribution is 7.14. The second kappa shape index (κ2) is 7.09. The summed E-state index contributed by atoms with van der Waals surface area (Å²) in [4.78, 5) is 25.8. The Morgan fingerprint density at radius 2 is 1.91 bits per heavy atom. The number of benzene rings is 1. The van der Waals surface area contributed by atoms with E-state index in [1.807, 2.05) is 19.9 Å². The summed E-state index contributed by atoms with van der Waals surface area (Å²) in [5.41, 5.74) is 6.35. The van der Waals surface area contributed by atoms with Crippen LogP contribution in [0.2, 0.25) is 0 Å². The highest BCUT2D eigenvalue weighted by atomic mass is 32.1. The van der Waals surface area contributed by atoms with Crippen molar-refractivity contribution < 1.29 is 14.3 Å². The van der Waals surface area contributed by atoms with Crippen LogP contribution >= 0.6 is 11.3 Å². The van der Waals surface area contributed by atoms with Gasteiger partial charge in [-0.3, -0.25) is 20.4 Å². The molecule has 2 amide bonds. The Morgan fingerprint density at radius 1 is 1.18 bits per heavy atom. The molecule has 2 N–H and O–H groups in total. The van der Waals surface area contributed by atoms with Gasteiger partial charge in [-0.1, -0.05) is 13.0 Å². The number of nitrogens with one attached hydrogen (secondary N) is 2. The van der Waals surface area contributed by atoms with E-state index in [0.717, 1.165) is 12.0 Å². The quantitative estimate of drug-likeness (QED) is 0.852. The minimum absolute atomic E-state index is 0.316. The molecule has 0 aliphatic heterocycles. The number of thiophene rings is 1. The molecule has 0 aliphatic carbocycles. The van der Waals surface area contributed by atoms with E-state index in [-0.39, 0.29) is 5.91 Å². The van der Waals surface area contributed by atoms with E-state index in [2.05, 4.69) is 10.9 Å². The zero-order chi connectivity index (χ0) is 16.1. The number of amides is 2. The summed E-state index contributed by atoms with van der Waals surface area (Å²) in [5.74, 6) is -0.124. The van der Waals surface area contributed by atoms with Crippen molar-refractivity contribution in [2.75, 3.05) is 7.11 Å². The number of hydrogen-bond acceptors (Lipinski definition) is 4. The van der Waals surface area contributed by atoms with Gasteiger partial charge in [0, 0.05) is 10.4 Å². The molecule has 0 spiro atoms. The lowest BCUT2D eigenvalue weighted by molar-refractivity contribution is 0.0848. The molecule has 0 radical (unpaired) electrons. The van der Waals surface area contributed by atoms with E-state index in [0.29, 0.717) is 16.2 Å². The lowest BCUT2D eigenvalue weighted by Crippen LogP contribution is -2.41. The molecule has 2 rings (SSSR count). The van der Waals surface area contributed by atoms with Gasteiger partial charge in [0.25, 0.3) is 11.8 Å². The van der Waals surface area contributed by atoms with Crippen LogP contribution in [0.1, 0.15) is 37.4 Å². The van der Waals surface area contributed by atoms with Crippen molar-refractivity contribution in [1.29, 1.82) is 0 Å². The minimum atomic E-state index is -0.392. The van der Waals surface area contributed by atoms with E-state index in [1.54, 1.807) is 24.3 Å². The molecule has 116 valence electrons. The third-order valence-corrected chi connectivity index (χ3v) is 4.57. The van der Waals surface area contributed by atoms with Crippen molar-refractivity contribution in [3.05, 3.63) is 51.2 Å². The number of methoxy groups -OCH3 is 1. The molecular weight excluding hydrogens is 300 g/mol. The number of hydrogen-bond donors (Lipinski definition) is 2. The molecule has 6 heteroatoms.